The van der Waals surface area contributed by atoms with E-state index in [4.69, 9.17) is 0 Å². The maximum Gasteiger partial charge on any atom is 0.255 e. The van der Waals surface area contributed by atoms with Gasteiger partial charge < -0.3 is 15.1 Å². The molecule has 0 saturated carbocycles. The number of fused-ring (bicyclic) bond motifs is 1. The Balaban J connectivity index is 1.21. The van der Waals surface area contributed by atoms with Crippen LogP contribution in [0.15, 0.2) is 18.2 Å². The molecule has 4 amide bonds. The smallest absolute Gasteiger partial charge is 0.255 e. The van der Waals surface area contributed by atoms with Gasteiger partial charge in [-0.25, -0.2) is 0 Å². The summed E-state index contributed by atoms with van der Waals surface area (Å²) in [6.07, 6.45) is 3.79. The summed E-state index contributed by atoms with van der Waals surface area (Å²) < 4.78 is 0. The number of rotatable bonds is 4. The van der Waals surface area contributed by atoms with Gasteiger partial charge in [-0.2, -0.15) is 0 Å². The molecule has 9 nitrogen and oxygen atoms in total. The standard InChI is InChI=1S/C24H31N5O4/c30-21-8-7-20(22(31)26-21)29-15-18-16(4-3-5-17(18)23(29)32)14-27-10-12-28(13-11-27)24(33)19-6-1-2-9-25-19/h3-5,19-20,25H,1-2,6-15H2,(H,26,30,31)/t19-,20?/m0/s1. The Hall–Kier alpha value is -2.78. The van der Waals surface area contributed by atoms with Crippen molar-refractivity contribution < 1.29 is 19.2 Å². The van der Waals surface area contributed by atoms with Crippen molar-refractivity contribution in [3.8, 4) is 0 Å². The third kappa shape index (κ3) is 4.39. The van der Waals surface area contributed by atoms with Gasteiger partial charge >= 0.3 is 0 Å². The number of carbonyl (C=O) groups excluding carboxylic acids is 4. The van der Waals surface area contributed by atoms with Gasteiger partial charge in [-0.1, -0.05) is 18.6 Å². The van der Waals surface area contributed by atoms with Gasteiger partial charge in [0.25, 0.3) is 5.91 Å². The van der Waals surface area contributed by atoms with E-state index in [9.17, 15) is 19.2 Å². The third-order valence-electron chi connectivity index (χ3n) is 7.37. The summed E-state index contributed by atoms with van der Waals surface area (Å²) in [6.45, 7) is 5.05. The quantitative estimate of drug-likeness (QED) is 0.633. The maximum absolute atomic E-state index is 13.0. The molecule has 4 heterocycles. The van der Waals surface area contributed by atoms with E-state index >= 15 is 0 Å². The zero-order chi connectivity index (χ0) is 22.9. The Labute approximate surface area is 193 Å². The van der Waals surface area contributed by atoms with Gasteiger partial charge in [0, 0.05) is 51.3 Å². The molecule has 3 fully saturated rings. The Kier molecular flexibility index (Phi) is 6.16. The summed E-state index contributed by atoms with van der Waals surface area (Å²) in [4.78, 5) is 55.5. The molecule has 1 aromatic rings. The van der Waals surface area contributed by atoms with Crippen LogP contribution < -0.4 is 10.6 Å². The van der Waals surface area contributed by atoms with Crippen molar-refractivity contribution in [3.05, 3.63) is 34.9 Å². The molecule has 5 rings (SSSR count). The molecule has 0 spiro atoms. The minimum atomic E-state index is -0.599. The van der Waals surface area contributed by atoms with Crippen molar-refractivity contribution in [1.29, 1.82) is 0 Å². The first-order valence-corrected chi connectivity index (χ1v) is 12.0. The molecule has 0 radical (unpaired) electrons. The van der Waals surface area contributed by atoms with Gasteiger partial charge in [-0.3, -0.25) is 29.4 Å². The van der Waals surface area contributed by atoms with Crippen LogP contribution in [0, 0.1) is 0 Å². The number of piperazine rings is 1. The normalized spacial score (nSPS) is 26.4. The van der Waals surface area contributed by atoms with E-state index in [0.29, 0.717) is 38.2 Å². The second-order valence-electron chi connectivity index (χ2n) is 9.45. The number of carbonyl (C=O) groups is 4. The van der Waals surface area contributed by atoms with E-state index < -0.39 is 6.04 Å². The second kappa shape index (κ2) is 9.23. The predicted molar refractivity (Wildman–Crippen MR) is 120 cm³/mol. The minimum absolute atomic E-state index is 0.0352. The van der Waals surface area contributed by atoms with E-state index in [1.165, 1.54) is 0 Å². The molecule has 176 valence electrons. The number of amides is 4. The number of nitrogens with one attached hydrogen (secondary N) is 2. The second-order valence-corrected chi connectivity index (χ2v) is 9.45. The first-order chi connectivity index (χ1) is 16.0. The number of nitrogens with zero attached hydrogens (tertiary/aromatic N) is 3. The molecule has 0 aromatic heterocycles. The molecule has 1 aromatic carbocycles. The molecule has 3 saturated heterocycles. The summed E-state index contributed by atoms with van der Waals surface area (Å²) in [5, 5.41) is 5.70. The molecule has 4 aliphatic heterocycles. The lowest BCUT2D eigenvalue weighted by Gasteiger charge is -2.37. The van der Waals surface area contributed by atoms with Crippen molar-refractivity contribution in [2.45, 2.75) is 57.3 Å². The summed E-state index contributed by atoms with van der Waals surface area (Å²) in [5.41, 5.74) is 2.70. The van der Waals surface area contributed by atoms with Crippen LogP contribution in [0.25, 0.3) is 0 Å². The zero-order valence-electron chi connectivity index (χ0n) is 18.8. The monoisotopic (exact) mass is 453 g/mol. The highest BCUT2D eigenvalue weighted by molar-refractivity contribution is 6.05. The average Bonchev–Trinajstić information content (AvgIpc) is 3.17. The van der Waals surface area contributed by atoms with E-state index in [-0.39, 0.29) is 36.1 Å². The molecule has 9 heteroatoms. The molecule has 33 heavy (non-hydrogen) atoms. The van der Waals surface area contributed by atoms with E-state index in [0.717, 1.165) is 50.0 Å². The highest BCUT2D eigenvalue weighted by Crippen LogP contribution is 2.30. The highest BCUT2D eigenvalue weighted by atomic mass is 16.2. The van der Waals surface area contributed by atoms with Gasteiger partial charge in [-0.15, -0.1) is 0 Å². The van der Waals surface area contributed by atoms with Crippen molar-refractivity contribution in [3.63, 3.8) is 0 Å². The fourth-order valence-corrected chi connectivity index (χ4v) is 5.45. The largest absolute Gasteiger partial charge is 0.339 e. The number of hydrogen-bond donors (Lipinski definition) is 2. The first kappa shape index (κ1) is 22.0. The first-order valence-electron chi connectivity index (χ1n) is 12.0. The predicted octanol–water partition coefficient (Wildman–Crippen LogP) is 0.234. The molecule has 2 N–H and O–H groups in total. The zero-order valence-corrected chi connectivity index (χ0v) is 18.8. The van der Waals surface area contributed by atoms with Crippen LogP contribution in [0.2, 0.25) is 0 Å². The number of piperidine rings is 2. The molecule has 0 bridgehead atoms. The molecule has 2 atom stereocenters. The lowest BCUT2D eigenvalue weighted by Crippen LogP contribution is -2.54. The van der Waals surface area contributed by atoms with Crippen LogP contribution in [0.1, 0.15) is 53.6 Å². The topological polar surface area (TPSA) is 102 Å². The Bertz CT molecular complexity index is 966. The number of hydrogen-bond acceptors (Lipinski definition) is 6. The van der Waals surface area contributed by atoms with E-state index in [2.05, 4.69) is 15.5 Å². The minimum Gasteiger partial charge on any atom is -0.339 e. The van der Waals surface area contributed by atoms with Crippen molar-refractivity contribution >= 4 is 23.6 Å². The van der Waals surface area contributed by atoms with Gasteiger partial charge in [0.15, 0.2) is 0 Å². The Morgan fingerprint density at radius 3 is 2.58 bits per heavy atom. The molecular formula is C24H31N5O4. The number of benzene rings is 1. The molecule has 1 unspecified atom stereocenters. The molecule has 4 aliphatic rings. The van der Waals surface area contributed by atoms with Crippen molar-refractivity contribution in [2.24, 2.45) is 0 Å². The van der Waals surface area contributed by atoms with Crippen LogP contribution in [0.3, 0.4) is 0 Å². The van der Waals surface area contributed by atoms with Crippen molar-refractivity contribution in [1.82, 2.24) is 25.3 Å². The van der Waals surface area contributed by atoms with E-state index in [1.807, 2.05) is 23.1 Å². The van der Waals surface area contributed by atoms with Crippen molar-refractivity contribution in [2.75, 3.05) is 32.7 Å². The fourth-order valence-electron chi connectivity index (χ4n) is 5.45. The highest BCUT2D eigenvalue weighted by Gasteiger charge is 2.40. The maximum atomic E-state index is 13.0. The third-order valence-corrected chi connectivity index (χ3v) is 7.37. The summed E-state index contributed by atoms with van der Waals surface area (Å²) in [5.74, 6) is -0.586. The molecular weight excluding hydrogens is 422 g/mol. The summed E-state index contributed by atoms with van der Waals surface area (Å²) in [7, 11) is 0. The lowest BCUT2D eigenvalue weighted by molar-refractivity contribution is -0.137. The fraction of sp³-hybridized carbons (Fsp3) is 0.583. The van der Waals surface area contributed by atoms with Gasteiger partial charge in [0.05, 0.1) is 6.04 Å². The van der Waals surface area contributed by atoms with Gasteiger partial charge in [-0.05, 0) is 43.0 Å². The summed E-state index contributed by atoms with van der Waals surface area (Å²) in [6, 6.07) is 5.13. The average molecular weight is 454 g/mol. The van der Waals surface area contributed by atoms with Crippen LogP contribution in [0.4, 0.5) is 0 Å². The SMILES string of the molecule is O=C1CCC(N2Cc3c(CN4CCN(C(=O)[C@@H]5CCCCN5)CC4)cccc3C2=O)C(=O)N1. The Morgan fingerprint density at radius 2 is 1.85 bits per heavy atom. The summed E-state index contributed by atoms with van der Waals surface area (Å²) >= 11 is 0. The van der Waals surface area contributed by atoms with Gasteiger partial charge in [0.1, 0.15) is 6.04 Å². The number of imide groups is 1. The van der Waals surface area contributed by atoms with Crippen LogP contribution in [0.5, 0.6) is 0 Å². The van der Waals surface area contributed by atoms with Crippen LogP contribution in [-0.4, -0.2) is 83.1 Å². The molecule has 0 aliphatic carbocycles. The Morgan fingerprint density at radius 1 is 1.03 bits per heavy atom. The lowest BCUT2D eigenvalue weighted by atomic mass is 10.0. The van der Waals surface area contributed by atoms with Crippen LogP contribution in [-0.2, 0) is 27.5 Å². The van der Waals surface area contributed by atoms with E-state index in [1.54, 1.807) is 4.90 Å². The van der Waals surface area contributed by atoms with Crippen LogP contribution >= 0.6 is 0 Å². The van der Waals surface area contributed by atoms with Gasteiger partial charge in [0.2, 0.25) is 17.7 Å².